The number of hydrogen-bond donors (Lipinski definition) is 0. The van der Waals surface area contributed by atoms with Crippen molar-refractivity contribution in [2.24, 2.45) is 0 Å². The normalized spacial score (nSPS) is 7.20. The van der Waals surface area contributed by atoms with Gasteiger partial charge < -0.3 is 0 Å². The van der Waals surface area contributed by atoms with Crippen LogP contribution in [0.2, 0.25) is 0 Å². The Kier molecular flexibility index (Phi) is 10.2. The van der Waals surface area contributed by atoms with E-state index in [0.29, 0.717) is 0 Å². The lowest BCUT2D eigenvalue weighted by Crippen LogP contribution is -1.66. The first-order valence-electron chi connectivity index (χ1n) is 0.567. The molecule has 5 radical (unpaired) electrons. The van der Waals surface area contributed by atoms with Gasteiger partial charge in [0, 0.05) is 11.0 Å². The highest BCUT2D eigenvalue weighted by atomic mass is 35.8. The standard InChI is InChI=1S/Cl3Si.Si/c1-4(2)3;. The molecule has 0 aliphatic rings. The van der Waals surface area contributed by atoms with Gasteiger partial charge in [-0.15, -0.1) is 33.2 Å². The van der Waals surface area contributed by atoms with Gasteiger partial charge in [0.2, 0.25) is 0 Å². The maximum atomic E-state index is 4.91. The molecule has 0 atom stereocenters. The summed E-state index contributed by atoms with van der Waals surface area (Å²) in [5.41, 5.74) is 0. The molecule has 0 fully saturated rings. The summed E-state index contributed by atoms with van der Waals surface area (Å²) in [5.74, 6) is 0. The van der Waals surface area contributed by atoms with Crippen LogP contribution in [0.1, 0.15) is 0 Å². The minimum Gasteiger partial charge on any atom is -0.125 e. The van der Waals surface area contributed by atoms with Crippen molar-refractivity contribution in [3.8, 4) is 0 Å². The zero-order valence-corrected chi connectivity index (χ0v) is 6.40. The summed E-state index contributed by atoms with van der Waals surface area (Å²) in [5, 5.41) is 0. The molecular formula is Cl3Si2. The van der Waals surface area contributed by atoms with E-state index in [0.717, 1.165) is 0 Å². The van der Waals surface area contributed by atoms with Crippen LogP contribution < -0.4 is 0 Å². The van der Waals surface area contributed by atoms with Gasteiger partial charge in [0.25, 0.3) is 0 Å². The molecule has 0 aromatic rings. The van der Waals surface area contributed by atoms with E-state index in [-0.39, 0.29) is 11.0 Å². The summed E-state index contributed by atoms with van der Waals surface area (Å²) in [7, 11) is 0. The van der Waals surface area contributed by atoms with Gasteiger partial charge in [0.1, 0.15) is 0 Å². The zero-order valence-electron chi connectivity index (χ0n) is 2.13. The topological polar surface area (TPSA) is 0 Å². The number of rotatable bonds is 0. The van der Waals surface area contributed by atoms with Crippen LogP contribution in [0.5, 0.6) is 0 Å². The van der Waals surface area contributed by atoms with Crippen LogP contribution in [-0.4, -0.2) is 17.7 Å². The lowest BCUT2D eigenvalue weighted by molar-refractivity contribution is 4.07. The lowest BCUT2D eigenvalue weighted by atomic mass is 27.7. The second kappa shape index (κ2) is 5.30. The average molecular weight is 163 g/mol. The largest absolute Gasteiger partial charge is 0.376 e. The van der Waals surface area contributed by atoms with E-state index >= 15 is 0 Å². The van der Waals surface area contributed by atoms with Crippen LogP contribution in [0.3, 0.4) is 0 Å². The molecule has 0 saturated carbocycles. The first-order valence-corrected chi connectivity index (χ1v) is 5.10. The van der Waals surface area contributed by atoms with Crippen molar-refractivity contribution in [1.82, 2.24) is 0 Å². The fourth-order valence-corrected chi connectivity index (χ4v) is 0. The van der Waals surface area contributed by atoms with E-state index in [1.807, 2.05) is 0 Å². The quantitative estimate of drug-likeness (QED) is 0.372. The Morgan fingerprint density at radius 3 is 1.00 bits per heavy atom. The van der Waals surface area contributed by atoms with Gasteiger partial charge in [-0.3, -0.25) is 0 Å². The summed E-state index contributed by atoms with van der Waals surface area (Å²) in [6.45, 7) is -1.46. The van der Waals surface area contributed by atoms with Gasteiger partial charge in [-0.2, -0.15) is 0 Å². The van der Waals surface area contributed by atoms with E-state index < -0.39 is 6.73 Å². The Balaban J connectivity index is 0. The molecule has 0 unspecified atom stereocenters. The van der Waals surface area contributed by atoms with Gasteiger partial charge >= 0.3 is 6.73 Å². The predicted molar refractivity (Wildman–Crippen MR) is 29.1 cm³/mol. The monoisotopic (exact) mass is 161 g/mol. The molecule has 29 valence electrons. The molecule has 0 spiro atoms. The molecular weight excluding hydrogens is 163 g/mol. The smallest absolute Gasteiger partial charge is 0.125 e. The van der Waals surface area contributed by atoms with Gasteiger partial charge in [0.15, 0.2) is 0 Å². The van der Waals surface area contributed by atoms with Gasteiger partial charge in [0.05, 0.1) is 0 Å². The molecule has 0 amide bonds. The molecule has 5 heavy (non-hydrogen) atoms. The Morgan fingerprint density at radius 1 is 1.00 bits per heavy atom. The van der Waals surface area contributed by atoms with E-state index in [1.165, 1.54) is 0 Å². The summed E-state index contributed by atoms with van der Waals surface area (Å²) in [6, 6.07) is 0. The molecule has 5 heteroatoms. The molecule has 0 aliphatic carbocycles. The Labute approximate surface area is 51.2 Å². The van der Waals surface area contributed by atoms with Crippen molar-refractivity contribution in [2.45, 2.75) is 0 Å². The van der Waals surface area contributed by atoms with Crippen molar-refractivity contribution in [1.29, 1.82) is 0 Å². The van der Waals surface area contributed by atoms with Crippen molar-refractivity contribution in [2.75, 3.05) is 0 Å². The minimum atomic E-state index is -1.46. The van der Waals surface area contributed by atoms with Gasteiger partial charge in [-0.25, -0.2) is 0 Å². The van der Waals surface area contributed by atoms with Crippen LogP contribution in [0, 0.1) is 0 Å². The second-order valence-corrected chi connectivity index (χ2v) is 5.79. The van der Waals surface area contributed by atoms with Crippen LogP contribution in [0.4, 0.5) is 0 Å². The maximum absolute atomic E-state index is 4.91. The first-order chi connectivity index (χ1) is 1.73. The molecule has 0 aromatic carbocycles. The van der Waals surface area contributed by atoms with Crippen molar-refractivity contribution < 1.29 is 0 Å². The SMILES string of the molecule is Cl[Si](Cl)Cl.[Si]. The minimum absolute atomic E-state index is 0. The van der Waals surface area contributed by atoms with E-state index in [4.69, 9.17) is 33.2 Å². The molecule has 0 aromatic heterocycles. The third kappa shape index (κ3) is 34.1. The molecule has 0 heterocycles. The molecule has 0 N–H and O–H groups in total. The fourth-order valence-electron chi connectivity index (χ4n) is 0. The van der Waals surface area contributed by atoms with E-state index in [2.05, 4.69) is 0 Å². The van der Waals surface area contributed by atoms with E-state index in [9.17, 15) is 0 Å². The van der Waals surface area contributed by atoms with Crippen molar-refractivity contribution >= 4 is 50.9 Å². The van der Waals surface area contributed by atoms with Crippen LogP contribution in [0.25, 0.3) is 0 Å². The van der Waals surface area contributed by atoms with Gasteiger partial charge in [-0.1, -0.05) is 0 Å². The molecule has 0 saturated heterocycles. The second-order valence-electron chi connectivity index (χ2n) is 0.214. The van der Waals surface area contributed by atoms with Crippen LogP contribution >= 0.6 is 33.2 Å². The summed E-state index contributed by atoms with van der Waals surface area (Å²) >= 11 is 14.7. The fraction of sp³-hybridized carbons (Fsp3) is 0. The van der Waals surface area contributed by atoms with Crippen molar-refractivity contribution in [3.63, 3.8) is 0 Å². The molecule has 0 aliphatic heterocycles. The lowest BCUT2D eigenvalue weighted by Gasteiger charge is -1.62. The highest BCUT2D eigenvalue weighted by molar-refractivity contribution is 7.54. The van der Waals surface area contributed by atoms with Crippen molar-refractivity contribution in [3.05, 3.63) is 0 Å². The first kappa shape index (κ1) is 9.57. The summed E-state index contributed by atoms with van der Waals surface area (Å²) < 4.78 is 0. The highest BCUT2D eigenvalue weighted by Gasteiger charge is 1.88. The predicted octanol–water partition coefficient (Wildman–Crippen LogP) is 1.31. The number of hydrogen-bond acceptors (Lipinski definition) is 0. The van der Waals surface area contributed by atoms with Crippen LogP contribution in [0.15, 0.2) is 0 Å². The van der Waals surface area contributed by atoms with E-state index in [1.54, 1.807) is 0 Å². The number of halogens is 3. The molecule has 0 nitrogen and oxygen atoms in total. The van der Waals surface area contributed by atoms with Gasteiger partial charge in [-0.05, 0) is 0 Å². The average Bonchev–Trinajstić information content (AvgIpc) is 0.811. The Bertz CT molecular complexity index is 9.61. The molecule has 0 bridgehead atoms. The Morgan fingerprint density at radius 2 is 1.00 bits per heavy atom. The third-order valence-corrected chi connectivity index (χ3v) is 0. The summed E-state index contributed by atoms with van der Waals surface area (Å²) in [4.78, 5) is 0. The molecule has 0 rings (SSSR count). The summed E-state index contributed by atoms with van der Waals surface area (Å²) in [6.07, 6.45) is 0. The highest BCUT2D eigenvalue weighted by Crippen LogP contribution is 1.97. The zero-order chi connectivity index (χ0) is 3.58. The Hall–Kier alpha value is 1.30. The third-order valence-electron chi connectivity index (χ3n) is 0. The van der Waals surface area contributed by atoms with Crippen LogP contribution in [-0.2, 0) is 0 Å². The maximum Gasteiger partial charge on any atom is 0.376 e.